The number of carbonyl (C=O) groups is 2. The fourth-order valence-electron chi connectivity index (χ4n) is 3.01. The third kappa shape index (κ3) is 2.86. The smallest absolute Gasteiger partial charge is 0.255 e. The van der Waals surface area contributed by atoms with Gasteiger partial charge in [0.25, 0.3) is 5.91 Å². The Morgan fingerprint density at radius 2 is 1.83 bits per heavy atom. The van der Waals surface area contributed by atoms with Crippen LogP contribution < -0.4 is 0 Å². The summed E-state index contributed by atoms with van der Waals surface area (Å²) in [5.41, 5.74) is 1.44. The zero-order valence-electron chi connectivity index (χ0n) is 12.3. The third-order valence-electron chi connectivity index (χ3n) is 4.08. The molecule has 0 radical (unpaired) electrons. The number of nitrogens with zero attached hydrogens (tertiary/aromatic N) is 1. The van der Waals surface area contributed by atoms with Crippen LogP contribution in [0.5, 0.6) is 0 Å². The van der Waals surface area contributed by atoms with E-state index in [0.29, 0.717) is 17.5 Å². The molecule has 1 unspecified atom stereocenters. The highest BCUT2D eigenvalue weighted by atomic mass is 19.1. The van der Waals surface area contributed by atoms with Gasteiger partial charge in [-0.1, -0.05) is 18.2 Å². The van der Waals surface area contributed by atoms with E-state index in [1.807, 2.05) is 0 Å². The molecule has 1 atom stereocenters. The first-order valence-corrected chi connectivity index (χ1v) is 7.39. The fourth-order valence-corrected chi connectivity index (χ4v) is 3.01. The van der Waals surface area contributed by atoms with Crippen LogP contribution in [-0.4, -0.2) is 17.1 Å². The lowest BCUT2D eigenvalue weighted by atomic mass is 10.00. The van der Waals surface area contributed by atoms with Crippen LogP contribution >= 0.6 is 0 Å². The first-order chi connectivity index (χ1) is 11.1. The van der Waals surface area contributed by atoms with E-state index in [-0.39, 0.29) is 24.7 Å². The molecule has 118 valence electrons. The number of aldehydes is 1. The molecule has 0 saturated heterocycles. The summed E-state index contributed by atoms with van der Waals surface area (Å²) in [5.74, 6) is -1.05. The molecule has 0 aliphatic carbocycles. The molecule has 3 nitrogen and oxygen atoms in total. The molecule has 0 fully saturated rings. The van der Waals surface area contributed by atoms with Gasteiger partial charge in [0.1, 0.15) is 17.9 Å². The summed E-state index contributed by atoms with van der Waals surface area (Å²) in [5, 5.41) is 0. The van der Waals surface area contributed by atoms with Gasteiger partial charge >= 0.3 is 0 Å². The summed E-state index contributed by atoms with van der Waals surface area (Å²) in [4.78, 5) is 24.8. The molecule has 0 spiro atoms. The number of fused-ring (bicyclic) bond motifs is 1. The second-order valence-corrected chi connectivity index (χ2v) is 5.52. The molecule has 2 aromatic rings. The number of carbonyl (C=O) groups excluding carboxylic acids is 2. The number of benzene rings is 2. The van der Waals surface area contributed by atoms with Crippen molar-refractivity contribution in [1.29, 1.82) is 0 Å². The number of rotatable bonds is 5. The molecule has 1 heterocycles. The molecule has 0 bridgehead atoms. The van der Waals surface area contributed by atoms with Crippen LogP contribution in [0.15, 0.2) is 42.5 Å². The molecule has 5 heteroatoms. The van der Waals surface area contributed by atoms with Crippen molar-refractivity contribution < 1.29 is 18.4 Å². The van der Waals surface area contributed by atoms with Crippen molar-refractivity contribution in [2.75, 3.05) is 0 Å². The van der Waals surface area contributed by atoms with Crippen LogP contribution in [0, 0.1) is 11.6 Å². The Labute approximate surface area is 132 Å². The van der Waals surface area contributed by atoms with Gasteiger partial charge in [-0.05, 0) is 36.2 Å². The average molecular weight is 315 g/mol. The molecule has 0 aromatic heterocycles. The van der Waals surface area contributed by atoms with Crippen molar-refractivity contribution in [3.63, 3.8) is 0 Å². The van der Waals surface area contributed by atoms with E-state index < -0.39 is 11.9 Å². The maximum absolute atomic E-state index is 14.2. The second-order valence-electron chi connectivity index (χ2n) is 5.52. The van der Waals surface area contributed by atoms with Crippen LogP contribution in [0.2, 0.25) is 0 Å². The largest absolute Gasteiger partial charge is 0.327 e. The normalized spacial score (nSPS) is 16.5. The zero-order valence-corrected chi connectivity index (χ0v) is 12.3. The van der Waals surface area contributed by atoms with E-state index in [1.165, 1.54) is 24.3 Å². The minimum atomic E-state index is -0.478. The van der Waals surface area contributed by atoms with Crippen LogP contribution in [0.3, 0.4) is 0 Å². The first kappa shape index (κ1) is 15.3. The Hall–Kier alpha value is -2.56. The summed E-state index contributed by atoms with van der Waals surface area (Å²) in [6, 6.07) is 9.78. The molecule has 1 amide bonds. The van der Waals surface area contributed by atoms with Gasteiger partial charge in [0.15, 0.2) is 0 Å². The third-order valence-corrected chi connectivity index (χ3v) is 4.08. The van der Waals surface area contributed by atoms with Gasteiger partial charge in [-0.2, -0.15) is 0 Å². The molecule has 1 aliphatic rings. The first-order valence-electron chi connectivity index (χ1n) is 7.39. The molecular weight excluding hydrogens is 300 g/mol. The highest BCUT2D eigenvalue weighted by molar-refractivity contribution is 5.99. The summed E-state index contributed by atoms with van der Waals surface area (Å²) in [6.07, 6.45) is 1.37. The van der Waals surface area contributed by atoms with E-state index in [1.54, 1.807) is 23.1 Å². The van der Waals surface area contributed by atoms with E-state index in [9.17, 15) is 18.4 Å². The SMILES string of the molecule is O=CCCC1c2c(F)cccc2C(=O)N1Cc1ccc(F)cc1. The lowest BCUT2D eigenvalue weighted by molar-refractivity contribution is -0.108. The van der Waals surface area contributed by atoms with Crippen LogP contribution in [0.1, 0.15) is 40.4 Å². The zero-order chi connectivity index (χ0) is 16.4. The summed E-state index contributed by atoms with van der Waals surface area (Å²) in [7, 11) is 0. The Morgan fingerprint density at radius 3 is 2.52 bits per heavy atom. The Morgan fingerprint density at radius 1 is 1.09 bits per heavy atom. The van der Waals surface area contributed by atoms with Gasteiger partial charge in [-0.15, -0.1) is 0 Å². The second kappa shape index (κ2) is 6.28. The molecular formula is C18H15F2NO2. The number of amides is 1. The highest BCUT2D eigenvalue weighted by Gasteiger charge is 2.38. The summed E-state index contributed by atoms with van der Waals surface area (Å²) in [6.45, 7) is 0.247. The van der Waals surface area contributed by atoms with Crippen molar-refractivity contribution in [2.45, 2.75) is 25.4 Å². The topological polar surface area (TPSA) is 37.4 Å². The number of hydrogen-bond acceptors (Lipinski definition) is 2. The highest BCUT2D eigenvalue weighted by Crippen LogP contribution is 2.39. The minimum Gasteiger partial charge on any atom is -0.327 e. The van der Waals surface area contributed by atoms with Crippen molar-refractivity contribution in [3.8, 4) is 0 Å². The van der Waals surface area contributed by atoms with Crippen LogP contribution in [0.4, 0.5) is 8.78 Å². The van der Waals surface area contributed by atoms with E-state index >= 15 is 0 Å². The minimum absolute atomic E-state index is 0.242. The van der Waals surface area contributed by atoms with E-state index in [2.05, 4.69) is 0 Å². The molecule has 3 rings (SSSR count). The van der Waals surface area contributed by atoms with Crippen molar-refractivity contribution in [2.24, 2.45) is 0 Å². The van der Waals surface area contributed by atoms with Gasteiger partial charge < -0.3 is 9.69 Å². The van der Waals surface area contributed by atoms with Gasteiger partial charge in [0.05, 0.1) is 6.04 Å². The maximum atomic E-state index is 14.2. The van der Waals surface area contributed by atoms with Gasteiger partial charge in [-0.25, -0.2) is 8.78 Å². The lowest BCUT2D eigenvalue weighted by Gasteiger charge is -2.25. The number of halogens is 2. The monoisotopic (exact) mass is 315 g/mol. The predicted molar refractivity (Wildman–Crippen MR) is 80.7 cm³/mol. The molecule has 23 heavy (non-hydrogen) atoms. The van der Waals surface area contributed by atoms with Crippen molar-refractivity contribution in [1.82, 2.24) is 4.90 Å². The molecule has 2 aromatic carbocycles. The standard InChI is InChI=1S/C18H15F2NO2/c19-13-8-6-12(7-9-13)11-21-16(5-2-10-22)17-14(18(21)23)3-1-4-15(17)20/h1,3-4,6-10,16H,2,5,11H2. The van der Waals surface area contributed by atoms with Gasteiger partial charge in [0, 0.05) is 24.1 Å². The molecule has 0 N–H and O–H groups in total. The van der Waals surface area contributed by atoms with E-state index in [0.717, 1.165) is 11.8 Å². The van der Waals surface area contributed by atoms with Gasteiger partial charge in [0.2, 0.25) is 0 Å². The molecule has 0 saturated carbocycles. The Balaban J connectivity index is 1.95. The van der Waals surface area contributed by atoms with Gasteiger partial charge in [-0.3, -0.25) is 4.79 Å². The fraction of sp³-hybridized carbons (Fsp3) is 0.222. The van der Waals surface area contributed by atoms with Crippen molar-refractivity contribution in [3.05, 3.63) is 70.8 Å². The average Bonchev–Trinajstić information content (AvgIpc) is 2.81. The Kier molecular flexibility index (Phi) is 4.19. The predicted octanol–water partition coefficient (Wildman–Crippen LogP) is 3.64. The van der Waals surface area contributed by atoms with E-state index in [4.69, 9.17) is 0 Å². The number of hydrogen-bond donors (Lipinski definition) is 0. The summed E-state index contributed by atoms with van der Waals surface area (Å²) >= 11 is 0. The summed E-state index contributed by atoms with van der Waals surface area (Å²) < 4.78 is 27.2. The van der Waals surface area contributed by atoms with Crippen LogP contribution in [-0.2, 0) is 11.3 Å². The molecule has 1 aliphatic heterocycles. The lowest BCUT2D eigenvalue weighted by Crippen LogP contribution is -2.27. The van der Waals surface area contributed by atoms with Crippen molar-refractivity contribution >= 4 is 12.2 Å². The quantitative estimate of drug-likeness (QED) is 0.790. The van der Waals surface area contributed by atoms with Crippen LogP contribution in [0.25, 0.3) is 0 Å². The maximum Gasteiger partial charge on any atom is 0.255 e. The Bertz CT molecular complexity index is 743.